The summed E-state index contributed by atoms with van der Waals surface area (Å²) in [5, 5.41) is 14.0. The Bertz CT molecular complexity index is 834. The summed E-state index contributed by atoms with van der Waals surface area (Å²) in [7, 11) is 0. The van der Waals surface area contributed by atoms with Gasteiger partial charge in [0.05, 0.1) is 12.3 Å². The van der Waals surface area contributed by atoms with Crippen LogP contribution < -0.4 is 5.73 Å². The predicted octanol–water partition coefficient (Wildman–Crippen LogP) is 3.94. The second kappa shape index (κ2) is 8.46. The van der Waals surface area contributed by atoms with E-state index >= 15 is 0 Å². The molecule has 0 radical (unpaired) electrons. The fraction of sp³-hybridized carbons (Fsp3) is 0.458. The molecule has 2 aliphatic rings. The van der Waals surface area contributed by atoms with E-state index in [0.717, 1.165) is 50.7 Å². The number of rotatable bonds is 6. The van der Waals surface area contributed by atoms with Crippen molar-refractivity contribution < 1.29 is 9.94 Å². The first-order chi connectivity index (χ1) is 13.7. The molecule has 0 heterocycles. The van der Waals surface area contributed by atoms with Crippen molar-refractivity contribution in [3.63, 3.8) is 0 Å². The minimum absolute atomic E-state index is 0.0750. The molecule has 0 spiro atoms. The molecule has 0 aliphatic heterocycles. The molecular weight excluding hydrogens is 348 g/mol. The summed E-state index contributed by atoms with van der Waals surface area (Å²) in [5.41, 5.74) is 12.2. The zero-order chi connectivity index (χ0) is 19.4. The normalized spacial score (nSPS) is 25.6. The van der Waals surface area contributed by atoms with Gasteiger partial charge in [-0.2, -0.15) is 0 Å². The Hall–Kier alpha value is -2.17. The van der Waals surface area contributed by atoms with E-state index in [4.69, 9.17) is 10.6 Å². The molecule has 0 saturated heterocycles. The Morgan fingerprint density at radius 3 is 2.79 bits per heavy atom. The van der Waals surface area contributed by atoms with Gasteiger partial charge in [0.15, 0.2) is 0 Å². The Labute approximate surface area is 167 Å². The fourth-order valence-corrected chi connectivity index (χ4v) is 4.55. The first-order valence-corrected chi connectivity index (χ1v) is 10.4. The molecule has 2 aromatic rings. The third kappa shape index (κ3) is 4.29. The van der Waals surface area contributed by atoms with Crippen LogP contribution in [0.15, 0.2) is 53.7 Å². The van der Waals surface area contributed by atoms with Crippen molar-refractivity contribution in [1.82, 2.24) is 0 Å². The molecule has 28 heavy (non-hydrogen) atoms. The molecule has 0 amide bonds. The molecule has 2 atom stereocenters. The van der Waals surface area contributed by atoms with Crippen LogP contribution in [-0.2, 0) is 17.7 Å². The molecule has 4 heteroatoms. The van der Waals surface area contributed by atoms with Crippen molar-refractivity contribution in [3.8, 4) is 0 Å². The van der Waals surface area contributed by atoms with Crippen LogP contribution in [-0.4, -0.2) is 29.6 Å². The lowest BCUT2D eigenvalue weighted by Gasteiger charge is -2.22. The summed E-state index contributed by atoms with van der Waals surface area (Å²) < 4.78 is 0. The number of oxime groups is 1. The van der Waals surface area contributed by atoms with Crippen LogP contribution in [0.1, 0.15) is 60.3 Å². The number of aryl methyl sites for hydroxylation is 1. The highest BCUT2D eigenvalue weighted by Crippen LogP contribution is 2.40. The van der Waals surface area contributed by atoms with Crippen molar-refractivity contribution in [3.05, 3.63) is 70.8 Å². The lowest BCUT2D eigenvalue weighted by molar-refractivity contribution is 0.147. The van der Waals surface area contributed by atoms with Crippen LogP contribution in [0, 0.1) is 0 Å². The second-order valence-electron chi connectivity index (χ2n) is 8.34. The average Bonchev–Trinajstić information content (AvgIpc) is 3.14. The predicted molar refractivity (Wildman–Crippen MR) is 113 cm³/mol. The third-order valence-electron chi connectivity index (χ3n) is 6.23. The van der Waals surface area contributed by atoms with Crippen molar-refractivity contribution >= 4 is 5.71 Å². The largest absolute Gasteiger partial charge is 0.395 e. The van der Waals surface area contributed by atoms with E-state index in [0.29, 0.717) is 12.5 Å². The standard InChI is InChI=1S/C24H30N2O2/c25-24(17-27)13-11-21(16-24)19-9-10-22-20(15-19)7-4-8-23(22)26-28-14-12-18-5-2-1-3-6-18/h1-3,5-6,9-10,15,21,27H,4,7-8,11-14,16-17,25H2. The van der Waals surface area contributed by atoms with E-state index in [1.54, 1.807) is 0 Å². The maximum absolute atomic E-state index is 9.54. The molecule has 2 aromatic carbocycles. The molecule has 0 bridgehead atoms. The van der Waals surface area contributed by atoms with Gasteiger partial charge in [0, 0.05) is 17.5 Å². The molecule has 1 saturated carbocycles. The van der Waals surface area contributed by atoms with Gasteiger partial charge in [-0.3, -0.25) is 0 Å². The number of hydrogen-bond donors (Lipinski definition) is 2. The Kier molecular flexibility index (Phi) is 5.79. The van der Waals surface area contributed by atoms with Crippen molar-refractivity contribution in [2.24, 2.45) is 10.9 Å². The number of fused-ring (bicyclic) bond motifs is 1. The summed E-state index contributed by atoms with van der Waals surface area (Å²) in [6.07, 6.45) is 6.86. The van der Waals surface area contributed by atoms with Crippen LogP contribution >= 0.6 is 0 Å². The van der Waals surface area contributed by atoms with E-state index in [-0.39, 0.29) is 6.61 Å². The summed E-state index contributed by atoms with van der Waals surface area (Å²) >= 11 is 0. The van der Waals surface area contributed by atoms with E-state index in [1.165, 1.54) is 22.3 Å². The van der Waals surface area contributed by atoms with Gasteiger partial charge in [-0.1, -0.05) is 53.7 Å². The summed E-state index contributed by atoms with van der Waals surface area (Å²) in [6, 6.07) is 17.1. The van der Waals surface area contributed by atoms with E-state index in [2.05, 4.69) is 47.6 Å². The first-order valence-electron chi connectivity index (χ1n) is 10.4. The summed E-state index contributed by atoms with van der Waals surface area (Å²) in [6.45, 7) is 0.675. The van der Waals surface area contributed by atoms with E-state index in [1.807, 2.05) is 6.07 Å². The van der Waals surface area contributed by atoms with Crippen LogP contribution in [0.2, 0.25) is 0 Å². The lowest BCUT2D eigenvalue weighted by atomic mass is 9.85. The monoisotopic (exact) mass is 378 g/mol. The third-order valence-corrected chi connectivity index (χ3v) is 6.23. The van der Waals surface area contributed by atoms with E-state index in [9.17, 15) is 5.11 Å². The molecular formula is C24H30N2O2. The fourth-order valence-electron chi connectivity index (χ4n) is 4.55. The topological polar surface area (TPSA) is 67.8 Å². The van der Waals surface area contributed by atoms with Crippen molar-refractivity contribution in [2.75, 3.05) is 13.2 Å². The van der Waals surface area contributed by atoms with Crippen molar-refractivity contribution in [2.45, 2.75) is 56.4 Å². The molecule has 2 unspecified atom stereocenters. The molecule has 1 fully saturated rings. The SMILES string of the molecule is NC1(CO)CCC(c2ccc3c(c2)CCCC3=NOCCc2ccccc2)C1. The van der Waals surface area contributed by atoms with Gasteiger partial charge in [-0.05, 0) is 61.1 Å². The molecule has 4 nitrogen and oxygen atoms in total. The molecule has 3 N–H and O–H groups in total. The van der Waals surface area contributed by atoms with Gasteiger partial charge in [-0.15, -0.1) is 0 Å². The molecule has 4 rings (SSSR count). The van der Waals surface area contributed by atoms with Crippen LogP contribution in [0.3, 0.4) is 0 Å². The van der Waals surface area contributed by atoms with Crippen molar-refractivity contribution in [1.29, 1.82) is 0 Å². The Morgan fingerprint density at radius 1 is 1.14 bits per heavy atom. The van der Waals surface area contributed by atoms with Gasteiger partial charge in [0.1, 0.15) is 6.61 Å². The maximum atomic E-state index is 9.54. The zero-order valence-corrected chi connectivity index (χ0v) is 16.4. The lowest BCUT2D eigenvalue weighted by Crippen LogP contribution is -2.40. The minimum atomic E-state index is -0.403. The minimum Gasteiger partial charge on any atom is -0.395 e. The highest BCUT2D eigenvalue weighted by Gasteiger charge is 2.36. The van der Waals surface area contributed by atoms with Gasteiger partial charge >= 0.3 is 0 Å². The highest BCUT2D eigenvalue weighted by atomic mass is 16.6. The number of benzene rings is 2. The number of nitrogens with zero attached hydrogens (tertiary/aromatic N) is 1. The zero-order valence-electron chi connectivity index (χ0n) is 16.4. The van der Waals surface area contributed by atoms with Crippen LogP contribution in [0.25, 0.3) is 0 Å². The number of aliphatic hydroxyl groups excluding tert-OH is 1. The molecule has 2 aliphatic carbocycles. The van der Waals surface area contributed by atoms with Crippen LogP contribution in [0.5, 0.6) is 0 Å². The van der Waals surface area contributed by atoms with E-state index < -0.39 is 5.54 Å². The van der Waals surface area contributed by atoms with Crippen LogP contribution in [0.4, 0.5) is 0 Å². The smallest absolute Gasteiger partial charge is 0.121 e. The Morgan fingerprint density at radius 2 is 2.00 bits per heavy atom. The maximum Gasteiger partial charge on any atom is 0.121 e. The highest BCUT2D eigenvalue weighted by molar-refractivity contribution is 6.02. The molecule has 148 valence electrons. The average molecular weight is 379 g/mol. The first kappa shape index (κ1) is 19.2. The summed E-state index contributed by atoms with van der Waals surface area (Å²) in [5.74, 6) is 0.451. The quantitative estimate of drug-likeness (QED) is 0.591. The number of aliphatic hydroxyl groups is 1. The number of nitrogens with two attached hydrogens (primary N) is 1. The molecule has 0 aromatic heterocycles. The summed E-state index contributed by atoms with van der Waals surface area (Å²) in [4.78, 5) is 5.65. The second-order valence-corrected chi connectivity index (χ2v) is 8.34. The van der Waals surface area contributed by atoms with Gasteiger partial charge < -0.3 is 15.7 Å². The number of hydrogen-bond acceptors (Lipinski definition) is 4. The van der Waals surface area contributed by atoms with Gasteiger partial charge in [0.2, 0.25) is 0 Å². The van der Waals surface area contributed by atoms with Gasteiger partial charge in [0.25, 0.3) is 0 Å². The van der Waals surface area contributed by atoms with Gasteiger partial charge in [-0.25, -0.2) is 0 Å². The Balaban J connectivity index is 1.42.